The highest BCUT2D eigenvalue weighted by Crippen LogP contribution is 2.32. The highest BCUT2D eigenvalue weighted by Gasteiger charge is 2.21. The first kappa shape index (κ1) is 28.6. The van der Waals surface area contributed by atoms with Crippen molar-refractivity contribution in [2.24, 2.45) is 7.05 Å². The van der Waals surface area contributed by atoms with Crippen LogP contribution in [0.5, 0.6) is 0 Å². The van der Waals surface area contributed by atoms with E-state index < -0.39 is 0 Å². The summed E-state index contributed by atoms with van der Waals surface area (Å²) in [5.41, 5.74) is 12.7. The van der Waals surface area contributed by atoms with Crippen molar-refractivity contribution in [3.8, 4) is 40.5 Å². The van der Waals surface area contributed by atoms with Gasteiger partial charge in [0.1, 0.15) is 35.0 Å². The van der Waals surface area contributed by atoms with Gasteiger partial charge in [0.15, 0.2) is 11.5 Å². The van der Waals surface area contributed by atoms with Crippen LogP contribution in [0.3, 0.4) is 0 Å². The van der Waals surface area contributed by atoms with Crippen LogP contribution in [-0.2, 0) is 13.6 Å². The van der Waals surface area contributed by atoms with Gasteiger partial charge in [-0.25, -0.2) is 24.9 Å². The van der Waals surface area contributed by atoms with Crippen LogP contribution in [0, 0.1) is 22.7 Å². The van der Waals surface area contributed by atoms with E-state index in [4.69, 9.17) is 21.0 Å². The molecule has 0 unspecified atom stereocenters. The molecule has 46 heavy (non-hydrogen) atoms. The highest BCUT2D eigenvalue weighted by molar-refractivity contribution is 5.84. The molecular formula is C34H30N12. The third-order valence-corrected chi connectivity index (χ3v) is 8.30. The average molecular weight is 607 g/mol. The van der Waals surface area contributed by atoms with E-state index in [-0.39, 0.29) is 5.82 Å². The summed E-state index contributed by atoms with van der Waals surface area (Å²) in [6.07, 6.45) is 7.14. The van der Waals surface area contributed by atoms with Gasteiger partial charge in [0, 0.05) is 62.6 Å². The molecule has 226 valence electrons. The van der Waals surface area contributed by atoms with Crippen molar-refractivity contribution in [3.63, 3.8) is 0 Å². The minimum absolute atomic E-state index is 0.173. The number of fused-ring (bicyclic) bond motifs is 1. The first-order valence-corrected chi connectivity index (χ1v) is 15.0. The number of pyridine rings is 2. The SMILES string of the molecule is Cn1cc(-c2ccc3nc(-c4cccnc4N)n(-c4ccc(CN5CCC(Nc6ccnc(C#N)n6)CC5)cc4)c3n2)cc1C#N. The molecule has 0 radical (unpaired) electrons. The minimum Gasteiger partial charge on any atom is -0.383 e. The number of aromatic nitrogens is 7. The molecule has 0 bridgehead atoms. The lowest BCUT2D eigenvalue weighted by Gasteiger charge is -2.32. The van der Waals surface area contributed by atoms with E-state index in [2.05, 4.69) is 55.5 Å². The second kappa shape index (κ2) is 12.1. The van der Waals surface area contributed by atoms with E-state index in [9.17, 15) is 5.26 Å². The Hall–Kier alpha value is -6.11. The summed E-state index contributed by atoms with van der Waals surface area (Å²) in [5.74, 6) is 1.91. The van der Waals surface area contributed by atoms with Crippen LogP contribution in [0.25, 0.3) is 39.5 Å². The molecule has 5 aromatic heterocycles. The zero-order valence-electron chi connectivity index (χ0n) is 25.2. The third-order valence-electron chi connectivity index (χ3n) is 8.30. The summed E-state index contributed by atoms with van der Waals surface area (Å²) in [6, 6.07) is 24.2. The van der Waals surface area contributed by atoms with Gasteiger partial charge in [-0.2, -0.15) is 10.5 Å². The van der Waals surface area contributed by atoms with Crippen molar-refractivity contribution in [2.75, 3.05) is 24.1 Å². The first-order chi connectivity index (χ1) is 22.5. The number of imidazole rings is 1. The number of nitrogens with one attached hydrogen (secondary N) is 1. The number of rotatable bonds is 7. The lowest BCUT2D eigenvalue weighted by molar-refractivity contribution is 0.211. The van der Waals surface area contributed by atoms with Crippen LogP contribution in [0.1, 0.15) is 29.9 Å². The van der Waals surface area contributed by atoms with Gasteiger partial charge in [-0.1, -0.05) is 12.1 Å². The molecule has 0 saturated carbocycles. The van der Waals surface area contributed by atoms with E-state index >= 15 is 0 Å². The largest absolute Gasteiger partial charge is 0.383 e. The van der Waals surface area contributed by atoms with Crippen molar-refractivity contribution in [1.29, 1.82) is 10.5 Å². The fourth-order valence-corrected chi connectivity index (χ4v) is 5.91. The van der Waals surface area contributed by atoms with Crippen molar-refractivity contribution < 1.29 is 0 Å². The van der Waals surface area contributed by atoms with E-state index in [1.807, 2.05) is 54.2 Å². The van der Waals surface area contributed by atoms with Gasteiger partial charge >= 0.3 is 0 Å². The number of hydrogen-bond acceptors (Lipinski definition) is 10. The predicted molar refractivity (Wildman–Crippen MR) is 174 cm³/mol. The molecule has 7 rings (SSSR count). The summed E-state index contributed by atoms with van der Waals surface area (Å²) in [4.78, 5) is 24.9. The number of likely N-dealkylation sites (tertiary alicyclic amines) is 1. The number of nitrogens with two attached hydrogens (primary N) is 1. The van der Waals surface area contributed by atoms with Gasteiger partial charge in [-0.15, -0.1) is 0 Å². The van der Waals surface area contributed by atoms with Crippen LogP contribution >= 0.6 is 0 Å². The zero-order valence-corrected chi connectivity index (χ0v) is 25.2. The quantitative estimate of drug-likeness (QED) is 0.261. The summed E-state index contributed by atoms with van der Waals surface area (Å²) in [7, 11) is 1.85. The van der Waals surface area contributed by atoms with E-state index in [1.54, 1.807) is 23.0 Å². The van der Waals surface area contributed by atoms with Crippen LogP contribution in [0.15, 0.2) is 79.3 Å². The Morgan fingerprint density at radius 3 is 2.50 bits per heavy atom. The smallest absolute Gasteiger partial charge is 0.234 e. The second-order valence-corrected chi connectivity index (χ2v) is 11.3. The van der Waals surface area contributed by atoms with Crippen LogP contribution in [-0.4, -0.2) is 58.1 Å². The minimum atomic E-state index is 0.173. The summed E-state index contributed by atoms with van der Waals surface area (Å²) in [6.45, 7) is 2.74. The highest BCUT2D eigenvalue weighted by atomic mass is 15.2. The molecule has 1 aromatic carbocycles. The zero-order chi connectivity index (χ0) is 31.6. The van der Waals surface area contributed by atoms with Gasteiger partial charge in [0.2, 0.25) is 5.82 Å². The van der Waals surface area contributed by atoms with Gasteiger partial charge in [0.25, 0.3) is 0 Å². The molecular weight excluding hydrogens is 576 g/mol. The normalized spacial score (nSPS) is 13.8. The van der Waals surface area contributed by atoms with Gasteiger partial charge < -0.3 is 15.6 Å². The van der Waals surface area contributed by atoms with Crippen molar-refractivity contribution in [3.05, 3.63) is 96.3 Å². The number of piperidine rings is 1. The van der Waals surface area contributed by atoms with E-state index in [0.29, 0.717) is 34.8 Å². The summed E-state index contributed by atoms with van der Waals surface area (Å²) < 4.78 is 3.81. The lowest BCUT2D eigenvalue weighted by Crippen LogP contribution is -2.38. The number of hydrogen-bond donors (Lipinski definition) is 2. The number of anilines is 2. The van der Waals surface area contributed by atoms with Crippen molar-refractivity contribution >= 4 is 22.8 Å². The monoisotopic (exact) mass is 606 g/mol. The molecule has 1 aliphatic rings. The number of nitriles is 2. The number of nitrogen functional groups attached to an aromatic ring is 1. The number of benzene rings is 1. The predicted octanol–water partition coefficient (Wildman–Crippen LogP) is 4.68. The van der Waals surface area contributed by atoms with Crippen LogP contribution in [0.2, 0.25) is 0 Å². The molecule has 12 heteroatoms. The maximum absolute atomic E-state index is 9.46. The maximum atomic E-state index is 9.46. The Bertz CT molecular complexity index is 2120. The molecule has 3 N–H and O–H groups in total. The molecule has 6 heterocycles. The number of nitrogens with zero attached hydrogens (tertiary/aromatic N) is 10. The molecule has 0 amide bonds. The Morgan fingerprint density at radius 1 is 0.935 bits per heavy atom. The molecule has 12 nitrogen and oxygen atoms in total. The summed E-state index contributed by atoms with van der Waals surface area (Å²) >= 11 is 0. The number of aryl methyl sites for hydroxylation is 1. The Morgan fingerprint density at radius 2 is 1.76 bits per heavy atom. The van der Waals surface area contributed by atoms with Crippen molar-refractivity contribution in [1.82, 2.24) is 39.0 Å². The van der Waals surface area contributed by atoms with E-state index in [1.165, 1.54) is 5.56 Å². The Kier molecular flexibility index (Phi) is 7.54. The lowest BCUT2D eigenvalue weighted by atomic mass is 10.0. The van der Waals surface area contributed by atoms with Gasteiger partial charge in [-0.3, -0.25) is 9.47 Å². The average Bonchev–Trinajstić information content (AvgIpc) is 3.66. The van der Waals surface area contributed by atoms with Crippen LogP contribution < -0.4 is 11.1 Å². The second-order valence-electron chi connectivity index (χ2n) is 11.3. The third kappa shape index (κ3) is 5.61. The molecule has 6 aromatic rings. The summed E-state index contributed by atoms with van der Waals surface area (Å²) in [5, 5.41) is 22.0. The van der Waals surface area contributed by atoms with Crippen molar-refractivity contribution in [2.45, 2.75) is 25.4 Å². The fourth-order valence-electron chi connectivity index (χ4n) is 5.91. The molecule has 0 aliphatic carbocycles. The topological polar surface area (TPSA) is 163 Å². The molecule has 1 saturated heterocycles. The fraction of sp³-hybridized carbons (Fsp3) is 0.206. The molecule has 0 spiro atoms. The Balaban J connectivity index is 1.14. The maximum Gasteiger partial charge on any atom is 0.234 e. The first-order valence-electron chi connectivity index (χ1n) is 15.0. The standard InChI is InChI=1S/C34H30N12/c1-44-21-23(17-26(44)18-35)28-8-9-29-34(41-28)46(33(42-29)27-3-2-13-39-32(27)37)25-6-4-22(5-7-25)20-45-15-11-24(12-16-45)40-30-10-14-38-31(19-36)43-30/h2-10,13-14,17,21,24H,11-12,15-16,20H2,1H3,(H2,37,39)(H,38,40,43). The molecule has 1 aliphatic heterocycles. The van der Waals surface area contributed by atoms with Crippen LogP contribution in [0.4, 0.5) is 11.6 Å². The Labute approximate surface area is 265 Å². The van der Waals surface area contributed by atoms with Gasteiger partial charge in [-0.05, 0) is 66.9 Å². The molecule has 0 atom stereocenters. The van der Waals surface area contributed by atoms with Gasteiger partial charge in [0.05, 0.1) is 11.3 Å². The molecule has 1 fully saturated rings. The van der Waals surface area contributed by atoms with E-state index in [0.717, 1.165) is 60.5 Å².